The van der Waals surface area contributed by atoms with Crippen molar-refractivity contribution in [2.75, 3.05) is 27.2 Å². The van der Waals surface area contributed by atoms with Crippen LogP contribution in [0.25, 0.3) is 0 Å². The monoisotopic (exact) mass is 472 g/mol. The molecule has 0 unspecified atom stereocenters. The second-order valence-corrected chi connectivity index (χ2v) is 7.04. The summed E-state index contributed by atoms with van der Waals surface area (Å²) in [6, 6.07) is 6.49. The van der Waals surface area contributed by atoms with Crippen molar-refractivity contribution in [2.24, 2.45) is 4.99 Å². The van der Waals surface area contributed by atoms with E-state index in [0.29, 0.717) is 0 Å². The van der Waals surface area contributed by atoms with Gasteiger partial charge < -0.3 is 15.0 Å². The molecule has 0 bridgehead atoms. The van der Waals surface area contributed by atoms with Crippen LogP contribution in [0.3, 0.4) is 0 Å². The second-order valence-electron chi connectivity index (χ2n) is 5.98. The highest BCUT2D eigenvalue weighted by Crippen LogP contribution is 2.25. The Bertz CT molecular complexity index is 732. The van der Waals surface area contributed by atoms with E-state index >= 15 is 0 Å². The van der Waals surface area contributed by atoms with Gasteiger partial charge in [0.05, 0.1) is 23.9 Å². The number of benzene rings is 1. The molecule has 2 aromatic rings. The summed E-state index contributed by atoms with van der Waals surface area (Å²) in [5.74, 6) is 1.94. The van der Waals surface area contributed by atoms with Gasteiger partial charge in [-0.25, -0.2) is 4.98 Å². The highest BCUT2D eigenvalue weighted by atomic mass is 127. The average molecular weight is 472 g/mol. The van der Waals surface area contributed by atoms with E-state index in [1.165, 1.54) is 11.1 Å². The van der Waals surface area contributed by atoms with Gasteiger partial charge in [-0.15, -0.1) is 35.3 Å². The lowest BCUT2D eigenvalue weighted by Gasteiger charge is -2.21. The number of hydrogen-bond acceptors (Lipinski definition) is 4. The zero-order valence-electron chi connectivity index (χ0n) is 14.9. The number of aliphatic imine (C=N–C) groups is 1. The summed E-state index contributed by atoms with van der Waals surface area (Å²) in [5.41, 5.74) is 3.74. The van der Waals surface area contributed by atoms with Crippen LogP contribution in [-0.4, -0.2) is 43.1 Å². The third-order valence-corrected chi connectivity index (χ3v) is 4.91. The van der Waals surface area contributed by atoms with Crippen molar-refractivity contribution >= 4 is 41.3 Å². The molecule has 2 heterocycles. The molecule has 0 radical (unpaired) electrons. The molecule has 1 aromatic heterocycles. The number of fused-ring (bicyclic) bond motifs is 1. The van der Waals surface area contributed by atoms with Crippen molar-refractivity contribution in [3.63, 3.8) is 0 Å². The van der Waals surface area contributed by atoms with Crippen LogP contribution in [0.15, 0.2) is 28.6 Å². The molecule has 1 aliphatic heterocycles. The Hall–Kier alpha value is -1.35. The first kappa shape index (κ1) is 20.0. The summed E-state index contributed by atoms with van der Waals surface area (Å²) in [4.78, 5) is 11.0. The Balaban J connectivity index is 0.00000225. The molecular formula is C18H25IN4OS. The predicted molar refractivity (Wildman–Crippen MR) is 114 cm³/mol. The quantitative estimate of drug-likeness (QED) is 0.413. The number of aromatic nitrogens is 1. The second kappa shape index (κ2) is 9.38. The molecule has 7 heteroatoms. The van der Waals surface area contributed by atoms with Crippen LogP contribution >= 0.6 is 35.3 Å². The van der Waals surface area contributed by atoms with Gasteiger partial charge in [0.2, 0.25) is 0 Å². The fraction of sp³-hybridized carbons (Fsp3) is 0.444. The molecule has 0 atom stereocenters. The first-order valence-corrected chi connectivity index (χ1v) is 9.11. The Morgan fingerprint density at radius 2 is 2.28 bits per heavy atom. The van der Waals surface area contributed by atoms with Gasteiger partial charge in [-0.1, -0.05) is 12.1 Å². The minimum absolute atomic E-state index is 0. The van der Waals surface area contributed by atoms with Crippen LogP contribution in [0.1, 0.15) is 21.8 Å². The smallest absolute Gasteiger partial charge is 0.193 e. The van der Waals surface area contributed by atoms with Gasteiger partial charge in [-0.05, 0) is 30.5 Å². The molecule has 0 saturated carbocycles. The summed E-state index contributed by atoms with van der Waals surface area (Å²) in [7, 11) is 3.86. The van der Waals surface area contributed by atoms with Crippen LogP contribution < -0.4 is 10.1 Å². The lowest BCUT2D eigenvalue weighted by molar-refractivity contribution is 0.357. The number of guanidine groups is 1. The first-order valence-electron chi connectivity index (χ1n) is 8.23. The number of hydrogen-bond donors (Lipinski definition) is 1. The maximum absolute atomic E-state index is 5.56. The van der Waals surface area contributed by atoms with Crippen molar-refractivity contribution in [3.8, 4) is 5.75 Å². The third-order valence-electron chi connectivity index (χ3n) is 4.09. The van der Waals surface area contributed by atoms with E-state index in [1.54, 1.807) is 11.3 Å². The van der Waals surface area contributed by atoms with E-state index in [1.807, 2.05) is 21.0 Å². The largest absolute Gasteiger partial charge is 0.493 e. The molecular weight excluding hydrogens is 447 g/mol. The molecule has 5 nitrogen and oxygen atoms in total. The molecule has 25 heavy (non-hydrogen) atoms. The zero-order valence-corrected chi connectivity index (χ0v) is 18.1. The van der Waals surface area contributed by atoms with Crippen LogP contribution in [0.2, 0.25) is 0 Å². The van der Waals surface area contributed by atoms with E-state index in [9.17, 15) is 0 Å². The number of nitrogens with zero attached hydrogens (tertiary/aromatic N) is 3. The summed E-state index contributed by atoms with van der Waals surface area (Å²) < 4.78 is 5.56. The molecule has 0 saturated heterocycles. The Labute approximate surface area is 170 Å². The van der Waals surface area contributed by atoms with Gasteiger partial charge in [0, 0.05) is 32.4 Å². The van der Waals surface area contributed by atoms with Crippen LogP contribution in [0, 0.1) is 6.92 Å². The van der Waals surface area contributed by atoms with Crippen molar-refractivity contribution in [3.05, 3.63) is 45.4 Å². The molecule has 1 N–H and O–H groups in total. The number of rotatable bonds is 5. The van der Waals surface area contributed by atoms with Crippen molar-refractivity contribution in [1.82, 2.24) is 15.2 Å². The van der Waals surface area contributed by atoms with Crippen LogP contribution in [-0.2, 0) is 19.4 Å². The highest BCUT2D eigenvalue weighted by Gasteiger charge is 2.12. The number of halogens is 1. The normalized spacial score (nSPS) is 13.0. The SMILES string of the molecule is CN=C(NCCc1ccc2c(c1)CCO2)N(C)Cc1csc(C)n1.I. The Morgan fingerprint density at radius 3 is 3.00 bits per heavy atom. The van der Waals surface area contributed by atoms with Crippen molar-refractivity contribution in [2.45, 2.75) is 26.3 Å². The van der Waals surface area contributed by atoms with E-state index in [4.69, 9.17) is 4.74 Å². The molecule has 1 aliphatic rings. The molecule has 1 aromatic carbocycles. The maximum atomic E-state index is 5.56. The molecule has 3 rings (SSSR count). The van der Waals surface area contributed by atoms with Crippen molar-refractivity contribution in [1.29, 1.82) is 0 Å². The fourth-order valence-corrected chi connectivity index (χ4v) is 3.50. The average Bonchev–Trinajstić information content (AvgIpc) is 3.19. The molecule has 0 spiro atoms. The van der Waals surface area contributed by atoms with E-state index in [2.05, 4.69) is 43.8 Å². The lowest BCUT2D eigenvalue weighted by Crippen LogP contribution is -2.39. The van der Waals surface area contributed by atoms with Gasteiger partial charge in [0.1, 0.15) is 5.75 Å². The van der Waals surface area contributed by atoms with Gasteiger partial charge in [0.25, 0.3) is 0 Å². The van der Waals surface area contributed by atoms with Gasteiger partial charge in [0.15, 0.2) is 5.96 Å². The number of thiazole rings is 1. The van der Waals surface area contributed by atoms with Crippen LogP contribution in [0.5, 0.6) is 5.75 Å². The topological polar surface area (TPSA) is 49.8 Å². The fourth-order valence-electron chi connectivity index (χ4n) is 2.90. The van der Waals surface area contributed by atoms with Gasteiger partial charge in [-0.3, -0.25) is 4.99 Å². The lowest BCUT2D eigenvalue weighted by atomic mass is 10.1. The first-order chi connectivity index (χ1) is 11.7. The Morgan fingerprint density at radius 1 is 1.44 bits per heavy atom. The number of aryl methyl sites for hydroxylation is 1. The van der Waals surface area contributed by atoms with Crippen LogP contribution in [0.4, 0.5) is 0 Å². The van der Waals surface area contributed by atoms with Gasteiger partial charge in [-0.2, -0.15) is 0 Å². The minimum atomic E-state index is 0. The number of nitrogens with one attached hydrogen (secondary N) is 1. The van der Waals surface area contributed by atoms with E-state index in [0.717, 1.165) is 54.9 Å². The third kappa shape index (κ3) is 5.31. The van der Waals surface area contributed by atoms with E-state index in [-0.39, 0.29) is 24.0 Å². The summed E-state index contributed by atoms with van der Waals surface area (Å²) in [6.45, 7) is 4.46. The van der Waals surface area contributed by atoms with Crippen molar-refractivity contribution < 1.29 is 4.74 Å². The zero-order chi connectivity index (χ0) is 16.9. The highest BCUT2D eigenvalue weighted by molar-refractivity contribution is 14.0. The van der Waals surface area contributed by atoms with E-state index < -0.39 is 0 Å². The molecule has 0 aliphatic carbocycles. The van der Waals surface area contributed by atoms with Gasteiger partial charge >= 0.3 is 0 Å². The molecule has 0 amide bonds. The minimum Gasteiger partial charge on any atom is -0.493 e. The summed E-state index contributed by atoms with van der Waals surface area (Å²) >= 11 is 1.68. The number of ether oxygens (including phenoxy) is 1. The summed E-state index contributed by atoms with van der Waals surface area (Å²) in [5, 5.41) is 6.63. The Kier molecular flexibility index (Phi) is 7.49. The molecule has 136 valence electrons. The molecule has 0 fully saturated rings. The maximum Gasteiger partial charge on any atom is 0.193 e. The predicted octanol–water partition coefficient (Wildman–Crippen LogP) is 3.25. The standard InChI is InChI=1S/C18H24N4OS.HI/c1-13-21-16(12-24-13)11-22(3)18(19-2)20-8-6-14-4-5-17-15(10-14)7-9-23-17;/h4-5,10,12H,6-9,11H2,1-3H3,(H,19,20);1H. The summed E-state index contributed by atoms with van der Waals surface area (Å²) in [6.07, 6.45) is 1.99.